The van der Waals surface area contributed by atoms with Gasteiger partial charge in [0.05, 0.1) is 4.90 Å². The van der Waals surface area contributed by atoms with Gasteiger partial charge in [-0.25, -0.2) is 8.42 Å². The molecule has 0 bridgehead atoms. The molecule has 0 radical (unpaired) electrons. The van der Waals surface area contributed by atoms with E-state index in [0.29, 0.717) is 43.3 Å². The number of aryl methyl sites for hydroxylation is 1. The van der Waals surface area contributed by atoms with Crippen molar-refractivity contribution in [2.45, 2.75) is 51.0 Å². The lowest BCUT2D eigenvalue weighted by Crippen LogP contribution is -2.47. The van der Waals surface area contributed by atoms with Crippen LogP contribution in [0.25, 0.3) is 0 Å². The van der Waals surface area contributed by atoms with Gasteiger partial charge in [-0.05, 0) is 44.2 Å². The molecule has 154 valence electrons. The molecule has 1 aromatic carbocycles. The third-order valence-electron chi connectivity index (χ3n) is 4.87. The van der Waals surface area contributed by atoms with E-state index in [9.17, 15) is 13.2 Å². The van der Waals surface area contributed by atoms with Crippen LogP contribution in [0.3, 0.4) is 0 Å². The maximum Gasteiger partial charge on any atom is 0.243 e. The van der Waals surface area contributed by atoms with Crippen LogP contribution >= 0.6 is 12.4 Å². The van der Waals surface area contributed by atoms with Crippen molar-refractivity contribution >= 4 is 28.3 Å². The molecule has 3 N–H and O–H groups in total. The fraction of sp³-hybridized carbons (Fsp3) is 0.632. The molecule has 1 atom stereocenters. The lowest BCUT2D eigenvalue weighted by molar-refractivity contribution is -0.126. The molecule has 1 fully saturated rings. The molecule has 1 aliphatic heterocycles. The Bertz CT molecular complexity index is 699. The minimum absolute atomic E-state index is 0. The van der Waals surface area contributed by atoms with E-state index in [1.54, 1.807) is 24.3 Å². The summed E-state index contributed by atoms with van der Waals surface area (Å²) >= 11 is 0. The van der Waals surface area contributed by atoms with Crippen molar-refractivity contribution in [1.82, 2.24) is 9.62 Å². The molecular weight excluding hydrogens is 386 g/mol. The average Bonchev–Trinajstić information content (AvgIpc) is 2.61. The molecule has 1 heterocycles. The fourth-order valence-corrected chi connectivity index (χ4v) is 4.79. The van der Waals surface area contributed by atoms with E-state index in [1.165, 1.54) is 4.31 Å². The molecule has 1 amide bonds. The molecule has 27 heavy (non-hydrogen) atoms. The molecule has 8 heteroatoms. The Morgan fingerprint density at radius 1 is 1.22 bits per heavy atom. The van der Waals surface area contributed by atoms with Crippen molar-refractivity contribution in [3.05, 3.63) is 29.8 Å². The SMILES string of the molecule is Cc1ccc(S(=O)(=O)N2CCC(C(=O)NC(CN)CC(C)C)CC2)cc1.Cl. The smallest absolute Gasteiger partial charge is 0.243 e. The number of piperidine rings is 1. The van der Waals surface area contributed by atoms with Crippen LogP contribution in [0.1, 0.15) is 38.7 Å². The molecule has 0 saturated carbocycles. The van der Waals surface area contributed by atoms with Crippen molar-refractivity contribution < 1.29 is 13.2 Å². The number of sulfonamides is 1. The van der Waals surface area contributed by atoms with Crippen molar-refractivity contribution in [2.75, 3.05) is 19.6 Å². The predicted molar refractivity (Wildman–Crippen MR) is 110 cm³/mol. The van der Waals surface area contributed by atoms with Gasteiger partial charge in [0.2, 0.25) is 15.9 Å². The number of nitrogens with two attached hydrogens (primary N) is 1. The number of hydrogen-bond donors (Lipinski definition) is 2. The van der Waals surface area contributed by atoms with Crippen LogP contribution in [-0.4, -0.2) is 44.3 Å². The Kier molecular flexibility index (Phi) is 9.21. The Balaban J connectivity index is 0.00000364. The van der Waals surface area contributed by atoms with Crippen LogP contribution in [-0.2, 0) is 14.8 Å². The standard InChI is InChI=1S/C19H31N3O3S.ClH/c1-14(2)12-17(13-20)21-19(23)16-8-10-22(11-9-16)26(24,25)18-6-4-15(3)5-7-18;/h4-7,14,16-17H,8-13,20H2,1-3H3,(H,21,23);1H. The van der Waals surface area contributed by atoms with Gasteiger partial charge in [0, 0.05) is 31.6 Å². The quantitative estimate of drug-likeness (QED) is 0.711. The average molecular weight is 418 g/mol. The molecule has 0 spiro atoms. The van der Waals surface area contributed by atoms with Crippen molar-refractivity contribution in [3.63, 3.8) is 0 Å². The zero-order chi connectivity index (χ0) is 19.3. The maximum absolute atomic E-state index is 12.7. The van der Waals surface area contributed by atoms with Crippen LogP contribution < -0.4 is 11.1 Å². The van der Waals surface area contributed by atoms with Gasteiger partial charge in [0.15, 0.2) is 0 Å². The van der Waals surface area contributed by atoms with E-state index in [0.717, 1.165) is 12.0 Å². The zero-order valence-electron chi connectivity index (χ0n) is 16.3. The minimum atomic E-state index is -3.49. The van der Waals surface area contributed by atoms with Crippen LogP contribution in [0.5, 0.6) is 0 Å². The topological polar surface area (TPSA) is 92.5 Å². The number of rotatable bonds is 7. The van der Waals surface area contributed by atoms with Crippen molar-refractivity contribution in [2.24, 2.45) is 17.6 Å². The zero-order valence-corrected chi connectivity index (χ0v) is 18.0. The van der Waals surface area contributed by atoms with Gasteiger partial charge < -0.3 is 11.1 Å². The highest BCUT2D eigenvalue weighted by Crippen LogP contribution is 2.24. The molecule has 0 aromatic heterocycles. The summed E-state index contributed by atoms with van der Waals surface area (Å²) < 4.78 is 26.9. The largest absolute Gasteiger partial charge is 0.352 e. The van der Waals surface area contributed by atoms with Crippen LogP contribution in [0.4, 0.5) is 0 Å². The number of carbonyl (C=O) groups is 1. The van der Waals surface area contributed by atoms with Crippen LogP contribution in [0.2, 0.25) is 0 Å². The van der Waals surface area contributed by atoms with Crippen LogP contribution in [0.15, 0.2) is 29.2 Å². The first-order valence-corrected chi connectivity index (χ1v) is 10.7. The van der Waals surface area contributed by atoms with Crippen LogP contribution in [0, 0.1) is 18.8 Å². The molecule has 1 aliphatic rings. The summed E-state index contributed by atoms with van der Waals surface area (Å²) in [7, 11) is -3.49. The van der Waals surface area contributed by atoms with Gasteiger partial charge in [-0.1, -0.05) is 31.5 Å². The first kappa shape index (κ1) is 23.9. The molecule has 2 rings (SSSR count). The Labute approximate surface area is 169 Å². The number of halogens is 1. The third kappa shape index (κ3) is 6.45. The van der Waals surface area contributed by atoms with E-state index in [4.69, 9.17) is 5.73 Å². The van der Waals surface area contributed by atoms with E-state index < -0.39 is 10.0 Å². The monoisotopic (exact) mass is 417 g/mol. The van der Waals surface area contributed by atoms with Gasteiger partial charge >= 0.3 is 0 Å². The van der Waals surface area contributed by atoms with Crippen molar-refractivity contribution in [1.29, 1.82) is 0 Å². The summed E-state index contributed by atoms with van der Waals surface area (Å²) in [5, 5.41) is 3.03. The highest BCUT2D eigenvalue weighted by molar-refractivity contribution is 7.89. The number of nitrogens with one attached hydrogen (secondary N) is 1. The Morgan fingerprint density at radius 2 is 1.78 bits per heavy atom. The van der Waals surface area contributed by atoms with Gasteiger partial charge in [-0.15, -0.1) is 12.4 Å². The van der Waals surface area contributed by atoms with E-state index in [-0.39, 0.29) is 30.3 Å². The number of carbonyl (C=O) groups excluding carboxylic acids is 1. The summed E-state index contributed by atoms with van der Waals surface area (Å²) in [6, 6.07) is 6.86. The second kappa shape index (κ2) is 10.4. The first-order chi connectivity index (χ1) is 12.2. The molecular formula is C19H32ClN3O3S. The number of nitrogens with zero attached hydrogens (tertiary/aromatic N) is 1. The second-order valence-corrected chi connectivity index (χ2v) is 9.50. The number of benzene rings is 1. The summed E-state index contributed by atoms with van der Waals surface area (Å²) in [6.07, 6.45) is 1.93. The highest BCUT2D eigenvalue weighted by atomic mass is 35.5. The van der Waals surface area contributed by atoms with E-state index in [1.807, 2.05) is 6.92 Å². The van der Waals surface area contributed by atoms with E-state index in [2.05, 4.69) is 19.2 Å². The Morgan fingerprint density at radius 3 is 2.26 bits per heavy atom. The third-order valence-corrected chi connectivity index (χ3v) is 6.78. The summed E-state index contributed by atoms with van der Waals surface area (Å²) in [4.78, 5) is 12.8. The second-order valence-electron chi connectivity index (χ2n) is 7.56. The first-order valence-electron chi connectivity index (χ1n) is 9.31. The molecule has 1 unspecified atom stereocenters. The highest BCUT2D eigenvalue weighted by Gasteiger charge is 2.32. The summed E-state index contributed by atoms with van der Waals surface area (Å²) in [5.74, 6) is 0.305. The lowest BCUT2D eigenvalue weighted by atomic mass is 9.96. The Hall–Kier alpha value is -1.15. The fourth-order valence-electron chi connectivity index (χ4n) is 3.32. The van der Waals surface area contributed by atoms with Gasteiger partial charge in [-0.3, -0.25) is 4.79 Å². The minimum Gasteiger partial charge on any atom is -0.352 e. The number of hydrogen-bond acceptors (Lipinski definition) is 4. The maximum atomic E-state index is 12.7. The summed E-state index contributed by atoms with van der Waals surface area (Å²) in [6.45, 7) is 7.28. The molecule has 0 aliphatic carbocycles. The normalized spacial score (nSPS) is 17.4. The number of amides is 1. The van der Waals surface area contributed by atoms with E-state index >= 15 is 0 Å². The molecule has 1 saturated heterocycles. The van der Waals surface area contributed by atoms with Gasteiger partial charge in [-0.2, -0.15) is 4.31 Å². The van der Waals surface area contributed by atoms with Gasteiger partial charge in [0.25, 0.3) is 0 Å². The predicted octanol–water partition coefficient (Wildman–Crippen LogP) is 2.31. The molecule has 6 nitrogen and oxygen atoms in total. The molecule has 1 aromatic rings. The van der Waals surface area contributed by atoms with Crippen molar-refractivity contribution in [3.8, 4) is 0 Å². The lowest BCUT2D eigenvalue weighted by Gasteiger charge is -2.31. The van der Waals surface area contributed by atoms with Gasteiger partial charge in [0.1, 0.15) is 0 Å². The summed E-state index contributed by atoms with van der Waals surface area (Å²) in [5.41, 5.74) is 6.77.